The fourth-order valence-electron chi connectivity index (χ4n) is 1.95. The number of guanidine groups is 1. The molecule has 1 aromatic rings. The van der Waals surface area contributed by atoms with E-state index in [1.165, 1.54) is 12.1 Å². The first kappa shape index (κ1) is 22.0. The molecule has 26 heavy (non-hydrogen) atoms. The van der Waals surface area contributed by atoms with Gasteiger partial charge in [0.05, 0.1) is 12.1 Å². The Balaban J connectivity index is 2.42. The molecule has 0 aliphatic heterocycles. The lowest BCUT2D eigenvalue weighted by Crippen LogP contribution is -2.39. The Kier molecular flexibility index (Phi) is 9.82. The molecule has 0 bridgehead atoms. The largest absolute Gasteiger partial charge is 0.491 e. The van der Waals surface area contributed by atoms with Gasteiger partial charge in [-0.25, -0.2) is 0 Å². The second kappa shape index (κ2) is 11.6. The van der Waals surface area contributed by atoms with Gasteiger partial charge in [0, 0.05) is 26.8 Å². The van der Waals surface area contributed by atoms with Crippen LogP contribution >= 0.6 is 0 Å². The van der Waals surface area contributed by atoms with Gasteiger partial charge in [0.25, 0.3) is 0 Å². The van der Waals surface area contributed by atoms with Gasteiger partial charge in [-0.3, -0.25) is 4.99 Å². The topological polar surface area (TPSA) is 75.1 Å². The minimum Gasteiger partial charge on any atom is -0.491 e. The average molecular weight is 377 g/mol. The third-order valence-electron chi connectivity index (χ3n) is 3.25. The van der Waals surface area contributed by atoms with Gasteiger partial charge in [-0.1, -0.05) is 0 Å². The molecule has 6 nitrogen and oxygen atoms in total. The monoisotopic (exact) mass is 377 g/mol. The molecule has 0 heterocycles. The normalized spacial score (nSPS) is 13.4. The number of aliphatic hydroxyl groups is 1. The molecule has 0 amide bonds. The molecule has 1 aromatic carbocycles. The molecule has 1 atom stereocenters. The number of hydrogen-bond acceptors (Lipinski definition) is 4. The first-order valence-electron chi connectivity index (χ1n) is 8.36. The maximum atomic E-state index is 12.5. The van der Waals surface area contributed by atoms with Crippen LogP contribution in [-0.4, -0.2) is 57.1 Å². The highest BCUT2D eigenvalue weighted by Crippen LogP contribution is 2.30. The Morgan fingerprint density at radius 1 is 1.23 bits per heavy atom. The second-order valence-electron chi connectivity index (χ2n) is 5.48. The van der Waals surface area contributed by atoms with Crippen LogP contribution in [0, 0.1) is 0 Å². The number of methoxy groups -OCH3 is 1. The predicted octanol–water partition coefficient (Wildman–Crippen LogP) is 2.04. The summed E-state index contributed by atoms with van der Waals surface area (Å²) in [6, 6.07) is 4.32. The van der Waals surface area contributed by atoms with Crippen molar-refractivity contribution in [2.45, 2.75) is 25.6 Å². The molecule has 0 aromatic heterocycles. The lowest BCUT2D eigenvalue weighted by atomic mass is 10.2. The Morgan fingerprint density at radius 3 is 2.50 bits per heavy atom. The van der Waals surface area contributed by atoms with Gasteiger partial charge in [-0.05, 0) is 37.6 Å². The molecule has 3 N–H and O–H groups in total. The van der Waals surface area contributed by atoms with Crippen LogP contribution in [0.3, 0.4) is 0 Å². The summed E-state index contributed by atoms with van der Waals surface area (Å²) in [6.45, 7) is 3.94. The SMILES string of the molecule is CCNC(=NCC(O)COc1ccc(C(F)(F)F)cc1)NCCCOC. The number of halogens is 3. The molecule has 9 heteroatoms. The van der Waals surface area contributed by atoms with Gasteiger partial charge >= 0.3 is 6.18 Å². The number of ether oxygens (including phenoxy) is 2. The fraction of sp³-hybridized carbons (Fsp3) is 0.588. The van der Waals surface area contributed by atoms with E-state index in [4.69, 9.17) is 9.47 Å². The smallest absolute Gasteiger partial charge is 0.416 e. The zero-order chi connectivity index (χ0) is 19.4. The number of nitrogens with one attached hydrogen (secondary N) is 2. The molecule has 0 fully saturated rings. The molecular weight excluding hydrogens is 351 g/mol. The van der Waals surface area contributed by atoms with Crippen LogP contribution in [0.25, 0.3) is 0 Å². The van der Waals surface area contributed by atoms with Crippen molar-refractivity contribution in [3.8, 4) is 5.75 Å². The van der Waals surface area contributed by atoms with E-state index in [-0.39, 0.29) is 18.9 Å². The van der Waals surface area contributed by atoms with Crippen LogP contribution in [0.1, 0.15) is 18.9 Å². The highest BCUT2D eigenvalue weighted by atomic mass is 19.4. The Hall–Kier alpha value is -2.00. The van der Waals surface area contributed by atoms with Gasteiger partial charge in [0.1, 0.15) is 18.5 Å². The Bertz CT molecular complexity index is 536. The minimum atomic E-state index is -4.38. The van der Waals surface area contributed by atoms with Crippen molar-refractivity contribution in [2.75, 3.05) is 40.0 Å². The lowest BCUT2D eigenvalue weighted by Gasteiger charge is -2.14. The van der Waals surface area contributed by atoms with E-state index in [9.17, 15) is 18.3 Å². The summed E-state index contributed by atoms with van der Waals surface area (Å²) in [7, 11) is 1.63. The van der Waals surface area contributed by atoms with E-state index in [0.29, 0.717) is 25.7 Å². The van der Waals surface area contributed by atoms with Crippen LogP contribution < -0.4 is 15.4 Å². The van der Waals surface area contributed by atoms with Crippen molar-refractivity contribution in [1.29, 1.82) is 0 Å². The molecule has 1 unspecified atom stereocenters. The van der Waals surface area contributed by atoms with Crippen LogP contribution in [0.15, 0.2) is 29.3 Å². The van der Waals surface area contributed by atoms with E-state index in [2.05, 4.69) is 15.6 Å². The number of nitrogens with zero attached hydrogens (tertiary/aromatic N) is 1. The first-order valence-corrected chi connectivity index (χ1v) is 8.36. The minimum absolute atomic E-state index is 0.0715. The van der Waals surface area contributed by atoms with Crippen molar-refractivity contribution < 1.29 is 27.8 Å². The third kappa shape index (κ3) is 8.91. The molecular formula is C17H26F3N3O3. The second-order valence-corrected chi connectivity index (χ2v) is 5.48. The van der Waals surface area contributed by atoms with Crippen LogP contribution in [0.2, 0.25) is 0 Å². The summed E-state index contributed by atoms with van der Waals surface area (Å²) in [6.07, 6.45) is -4.45. The third-order valence-corrected chi connectivity index (χ3v) is 3.25. The summed E-state index contributed by atoms with van der Waals surface area (Å²) in [5.41, 5.74) is -0.746. The average Bonchev–Trinajstić information content (AvgIpc) is 2.61. The quantitative estimate of drug-likeness (QED) is 0.331. The number of alkyl halides is 3. The van der Waals surface area contributed by atoms with Crippen molar-refractivity contribution >= 4 is 5.96 Å². The predicted molar refractivity (Wildman–Crippen MR) is 93.4 cm³/mol. The zero-order valence-electron chi connectivity index (χ0n) is 15.0. The number of rotatable bonds is 10. The van der Waals surface area contributed by atoms with Gasteiger partial charge in [0.2, 0.25) is 0 Å². The van der Waals surface area contributed by atoms with Gasteiger partial charge < -0.3 is 25.2 Å². The van der Waals surface area contributed by atoms with E-state index < -0.39 is 17.8 Å². The van der Waals surface area contributed by atoms with Crippen LogP contribution in [-0.2, 0) is 10.9 Å². The number of hydrogen-bond donors (Lipinski definition) is 3. The standard InChI is InChI=1S/C17H26F3N3O3/c1-3-21-16(22-9-4-10-25-2)23-11-14(24)12-26-15-7-5-13(6-8-15)17(18,19)20/h5-8,14,24H,3-4,9-12H2,1-2H3,(H2,21,22,23). The maximum Gasteiger partial charge on any atom is 0.416 e. The molecule has 0 radical (unpaired) electrons. The molecule has 1 rings (SSSR count). The molecule has 0 saturated carbocycles. The number of benzene rings is 1. The van der Waals surface area contributed by atoms with Gasteiger partial charge in [-0.15, -0.1) is 0 Å². The summed E-state index contributed by atoms with van der Waals surface area (Å²) in [5, 5.41) is 16.1. The Morgan fingerprint density at radius 2 is 1.92 bits per heavy atom. The maximum absolute atomic E-state index is 12.5. The van der Waals surface area contributed by atoms with Crippen LogP contribution in [0.4, 0.5) is 13.2 Å². The number of aliphatic imine (C=N–C) groups is 1. The van der Waals surface area contributed by atoms with E-state index in [1.54, 1.807) is 7.11 Å². The van der Waals surface area contributed by atoms with Gasteiger partial charge in [0.15, 0.2) is 5.96 Å². The van der Waals surface area contributed by atoms with Crippen molar-refractivity contribution in [3.05, 3.63) is 29.8 Å². The summed E-state index contributed by atoms with van der Waals surface area (Å²) < 4.78 is 47.7. The van der Waals surface area contributed by atoms with Crippen LogP contribution in [0.5, 0.6) is 5.75 Å². The zero-order valence-corrected chi connectivity index (χ0v) is 15.0. The highest BCUT2D eigenvalue weighted by molar-refractivity contribution is 5.79. The first-order chi connectivity index (χ1) is 12.4. The van der Waals surface area contributed by atoms with Gasteiger partial charge in [-0.2, -0.15) is 13.2 Å². The van der Waals surface area contributed by atoms with Crippen molar-refractivity contribution in [1.82, 2.24) is 10.6 Å². The van der Waals surface area contributed by atoms with Crippen molar-refractivity contribution in [2.24, 2.45) is 4.99 Å². The summed E-state index contributed by atoms with van der Waals surface area (Å²) in [4.78, 5) is 4.24. The van der Waals surface area contributed by atoms with E-state index >= 15 is 0 Å². The highest BCUT2D eigenvalue weighted by Gasteiger charge is 2.30. The van der Waals surface area contributed by atoms with Crippen molar-refractivity contribution in [3.63, 3.8) is 0 Å². The molecule has 0 spiro atoms. The molecule has 0 saturated heterocycles. The molecule has 148 valence electrons. The summed E-state index contributed by atoms with van der Waals surface area (Å²) >= 11 is 0. The summed E-state index contributed by atoms with van der Waals surface area (Å²) in [5.74, 6) is 0.822. The molecule has 0 aliphatic carbocycles. The Labute approximate surface area is 151 Å². The molecule has 0 aliphatic rings. The van der Waals surface area contributed by atoms with E-state index in [0.717, 1.165) is 18.6 Å². The fourth-order valence-corrected chi connectivity index (χ4v) is 1.95. The van der Waals surface area contributed by atoms with E-state index in [1.807, 2.05) is 6.92 Å². The number of aliphatic hydroxyl groups excluding tert-OH is 1. The lowest BCUT2D eigenvalue weighted by molar-refractivity contribution is -0.137.